The number of anilines is 1. The summed E-state index contributed by atoms with van der Waals surface area (Å²) in [5, 5.41) is 10.1. The number of nitrogens with zero attached hydrogens (tertiary/aromatic N) is 2. The van der Waals surface area contributed by atoms with Gasteiger partial charge >= 0.3 is 0 Å². The summed E-state index contributed by atoms with van der Waals surface area (Å²) in [6, 6.07) is 10.5. The summed E-state index contributed by atoms with van der Waals surface area (Å²) in [6.45, 7) is 5.19. The Balaban J connectivity index is 1.28. The van der Waals surface area contributed by atoms with E-state index in [0.29, 0.717) is 43.4 Å². The Morgan fingerprint density at radius 2 is 1.67 bits per heavy atom. The van der Waals surface area contributed by atoms with E-state index in [9.17, 15) is 14.3 Å². The second-order valence-electron chi connectivity index (χ2n) is 8.81. The molecule has 33 heavy (non-hydrogen) atoms. The van der Waals surface area contributed by atoms with Crippen LogP contribution < -0.4 is 19.3 Å². The van der Waals surface area contributed by atoms with Crippen molar-refractivity contribution in [3.63, 3.8) is 0 Å². The molecule has 1 amide bonds. The Hall–Kier alpha value is -3.00. The lowest BCUT2D eigenvalue weighted by Crippen LogP contribution is -3.11. The number of likely N-dealkylation sites (tertiary alicyclic amines) is 1. The molecule has 2 aromatic rings. The van der Waals surface area contributed by atoms with Crippen molar-refractivity contribution in [2.24, 2.45) is 5.92 Å². The van der Waals surface area contributed by atoms with Gasteiger partial charge in [0.1, 0.15) is 12.4 Å². The summed E-state index contributed by atoms with van der Waals surface area (Å²) in [5.41, 5.74) is 1.65. The van der Waals surface area contributed by atoms with Gasteiger partial charge in [0.05, 0.1) is 33.0 Å². The molecule has 2 saturated heterocycles. The fraction of sp³-hybridized carbons (Fsp3) is 0.480. The Bertz CT molecular complexity index is 945. The number of hydrogen-bond acceptors (Lipinski definition) is 5. The number of halogens is 1. The van der Waals surface area contributed by atoms with Crippen LogP contribution in [0.15, 0.2) is 36.4 Å². The largest absolute Gasteiger partial charge is 0.502 e. The van der Waals surface area contributed by atoms with E-state index in [1.165, 1.54) is 25.2 Å². The van der Waals surface area contributed by atoms with Crippen LogP contribution in [0.1, 0.15) is 18.4 Å². The fourth-order valence-corrected chi connectivity index (χ4v) is 4.92. The van der Waals surface area contributed by atoms with Crippen LogP contribution in [0, 0.1) is 11.7 Å². The molecule has 2 heterocycles. The van der Waals surface area contributed by atoms with E-state index in [0.717, 1.165) is 38.0 Å². The highest BCUT2D eigenvalue weighted by Gasteiger charge is 2.32. The number of phenolic OH excluding ortho intramolecular Hbond substituents is 1. The number of aromatic hydroxyl groups is 1. The van der Waals surface area contributed by atoms with Crippen molar-refractivity contribution < 1.29 is 28.7 Å². The molecule has 2 fully saturated rings. The Morgan fingerprint density at radius 3 is 2.24 bits per heavy atom. The van der Waals surface area contributed by atoms with Crippen LogP contribution in [0.2, 0.25) is 0 Å². The van der Waals surface area contributed by atoms with Gasteiger partial charge in [-0.3, -0.25) is 4.79 Å². The predicted molar refractivity (Wildman–Crippen MR) is 124 cm³/mol. The molecular formula is C25H33FN3O4+. The average molecular weight is 459 g/mol. The first-order chi connectivity index (χ1) is 16.0. The molecule has 0 saturated carbocycles. The molecule has 0 atom stereocenters. The van der Waals surface area contributed by atoms with Crippen LogP contribution in [-0.4, -0.2) is 69.4 Å². The van der Waals surface area contributed by atoms with Crippen LogP contribution in [0.3, 0.4) is 0 Å². The van der Waals surface area contributed by atoms with Crippen LogP contribution in [-0.2, 0) is 11.3 Å². The summed E-state index contributed by atoms with van der Waals surface area (Å²) in [7, 11) is 3.05. The summed E-state index contributed by atoms with van der Waals surface area (Å²) in [5.74, 6) is 0.897. The van der Waals surface area contributed by atoms with Crippen molar-refractivity contribution in [2.45, 2.75) is 19.4 Å². The van der Waals surface area contributed by atoms with Gasteiger partial charge in [0, 0.05) is 50.5 Å². The van der Waals surface area contributed by atoms with E-state index in [2.05, 4.69) is 0 Å². The van der Waals surface area contributed by atoms with E-state index in [1.54, 1.807) is 12.1 Å². The molecule has 7 nitrogen and oxygen atoms in total. The van der Waals surface area contributed by atoms with E-state index in [-0.39, 0.29) is 23.4 Å². The molecule has 0 unspecified atom stereocenters. The first-order valence-electron chi connectivity index (χ1n) is 11.6. The van der Waals surface area contributed by atoms with E-state index in [1.807, 2.05) is 28.0 Å². The minimum atomic E-state index is -0.212. The van der Waals surface area contributed by atoms with E-state index in [4.69, 9.17) is 9.47 Å². The number of quaternary nitrogens is 1. The van der Waals surface area contributed by atoms with Gasteiger partial charge in [0.15, 0.2) is 11.5 Å². The highest BCUT2D eigenvalue weighted by molar-refractivity contribution is 5.79. The van der Waals surface area contributed by atoms with Crippen LogP contribution in [0.25, 0.3) is 0 Å². The molecule has 178 valence electrons. The van der Waals surface area contributed by atoms with Gasteiger partial charge in [-0.25, -0.2) is 4.39 Å². The van der Waals surface area contributed by atoms with Crippen LogP contribution in [0.5, 0.6) is 17.2 Å². The molecule has 0 aromatic heterocycles. The summed E-state index contributed by atoms with van der Waals surface area (Å²) >= 11 is 0. The molecule has 2 aliphatic heterocycles. The van der Waals surface area contributed by atoms with Crippen molar-refractivity contribution in [3.05, 3.63) is 47.8 Å². The van der Waals surface area contributed by atoms with Gasteiger partial charge < -0.3 is 29.3 Å². The highest BCUT2D eigenvalue weighted by Crippen LogP contribution is 2.37. The van der Waals surface area contributed by atoms with Crippen LogP contribution in [0.4, 0.5) is 10.1 Å². The molecule has 4 rings (SSSR count). The average Bonchev–Trinajstić information content (AvgIpc) is 2.85. The zero-order valence-corrected chi connectivity index (χ0v) is 19.3. The van der Waals surface area contributed by atoms with Gasteiger partial charge in [-0.1, -0.05) is 12.1 Å². The maximum Gasteiger partial charge on any atom is 0.226 e. The fourth-order valence-electron chi connectivity index (χ4n) is 4.92. The summed E-state index contributed by atoms with van der Waals surface area (Å²) in [6.07, 6.45) is 1.71. The second kappa shape index (κ2) is 10.3. The molecule has 0 radical (unpaired) electrons. The van der Waals surface area contributed by atoms with E-state index >= 15 is 0 Å². The number of methoxy groups -OCH3 is 2. The van der Waals surface area contributed by atoms with Gasteiger partial charge in [-0.2, -0.15) is 0 Å². The number of carbonyl (C=O) groups excluding carboxylic acids is 1. The quantitative estimate of drug-likeness (QED) is 0.690. The number of nitrogens with one attached hydrogen (secondary N) is 1. The predicted octanol–water partition coefficient (Wildman–Crippen LogP) is 1.69. The molecule has 2 N–H and O–H groups in total. The number of ether oxygens (including phenoxy) is 2. The van der Waals surface area contributed by atoms with Crippen molar-refractivity contribution in [1.29, 1.82) is 0 Å². The molecule has 0 spiro atoms. The standard InChI is InChI=1S/C25H32FN3O4/c1-32-22-15-18(16-23(33-2)24(22)30)17-27-9-7-19(8-10-27)25(31)29-13-11-28(12-14-29)21-6-4-3-5-20(21)26/h3-6,15-16,19,30H,7-14,17H2,1-2H3/p+1. The van der Waals surface area contributed by atoms with Gasteiger partial charge in [0.2, 0.25) is 11.7 Å². The maximum absolute atomic E-state index is 14.1. The molecule has 2 aliphatic rings. The number of hydrogen-bond donors (Lipinski definition) is 2. The van der Waals surface area contributed by atoms with Crippen molar-refractivity contribution in [2.75, 3.05) is 58.4 Å². The zero-order chi connectivity index (χ0) is 23.4. The molecule has 0 aliphatic carbocycles. The third-order valence-corrected chi connectivity index (χ3v) is 6.82. The van der Waals surface area contributed by atoms with Gasteiger partial charge in [-0.15, -0.1) is 0 Å². The Kier molecular flexibility index (Phi) is 7.23. The van der Waals surface area contributed by atoms with Crippen molar-refractivity contribution >= 4 is 11.6 Å². The topological polar surface area (TPSA) is 66.7 Å². The molecular weight excluding hydrogens is 425 g/mol. The number of para-hydroxylation sites is 1. The van der Waals surface area contributed by atoms with E-state index < -0.39 is 0 Å². The smallest absolute Gasteiger partial charge is 0.226 e. The first kappa shape index (κ1) is 23.2. The molecule has 2 aromatic carbocycles. The normalized spacial score (nSPS) is 21.1. The van der Waals surface area contributed by atoms with Gasteiger partial charge in [-0.05, 0) is 24.3 Å². The second-order valence-corrected chi connectivity index (χ2v) is 8.81. The van der Waals surface area contributed by atoms with Crippen molar-refractivity contribution in [3.8, 4) is 17.2 Å². The lowest BCUT2D eigenvalue weighted by atomic mass is 9.94. The number of rotatable bonds is 6. The minimum absolute atomic E-state index is 0.0122. The van der Waals surface area contributed by atoms with Crippen molar-refractivity contribution in [1.82, 2.24) is 4.90 Å². The number of amides is 1. The number of piperidine rings is 1. The Labute approximate surface area is 194 Å². The number of phenols is 1. The SMILES string of the molecule is COc1cc(C[NH+]2CCC(C(=O)N3CCN(c4ccccc4F)CC3)CC2)cc(OC)c1O. The number of piperazine rings is 1. The van der Waals surface area contributed by atoms with Gasteiger partial charge in [0.25, 0.3) is 0 Å². The maximum atomic E-state index is 14.1. The highest BCUT2D eigenvalue weighted by atomic mass is 19.1. The number of benzene rings is 2. The lowest BCUT2D eigenvalue weighted by molar-refractivity contribution is -0.919. The Morgan fingerprint density at radius 1 is 1.06 bits per heavy atom. The number of carbonyl (C=O) groups is 1. The lowest BCUT2D eigenvalue weighted by Gasteiger charge is -2.38. The summed E-state index contributed by atoms with van der Waals surface area (Å²) in [4.78, 5) is 18.5. The molecule has 8 heteroatoms. The molecule has 0 bridgehead atoms. The first-order valence-corrected chi connectivity index (χ1v) is 11.6. The third kappa shape index (κ3) is 5.16. The minimum Gasteiger partial charge on any atom is -0.502 e. The van der Waals surface area contributed by atoms with Crippen LogP contribution >= 0.6 is 0 Å². The monoisotopic (exact) mass is 458 g/mol. The summed E-state index contributed by atoms with van der Waals surface area (Å²) < 4.78 is 24.6. The third-order valence-electron chi connectivity index (χ3n) is 6.82. The zero-order valence-electron chi connectivity index (χ0n) is 19.3.